The number of allylic oxidation sites excluding steroid dienone is 1. The van der Waals surface area contributed by atoms with Crippen molar-refractivity contribution in [3.05, 3.63) is 28.8 Å². The van der Waals surface area contributed by atoms with Gasteiger partial charge in [0, 0.05) is 42.6 Å². The third-order valence-electron chi connectivity index (χ3n) is 4.95. The van der Waals surface area contributed by atoms with Crippen molar-refractivity contribution in [3.63, 3.8) is 0 Å². The highest BCUT2D eigenvalue weighted by Gasteiger charge is 2.45. The van der Waals surface area contributed by atoms with Gasteiger partial charge in [-0.3, -0.25) is 4.79 Å². The van der Waals surface area contributed by atoms with Crippen LogP contribution in [0.15, 0.2) is 6.20 Å². The third kappa shape index (κ3) is 4.02. The number of nitrogens with zero attached hydrogens (tertiary/aromatic N) is 1. The predicted octanol–water partition coefficient (Wildman–Crippen LogP) is 2.19. The van der Waals surface area contributed by atoms with E-state index in [1.807, 2.05) is 0 Å². The minimum atomic E-state index is -3.13. The molecule has 158 valence electrons. The molecule has 0 bridgehead atoms. The lowest BCUT2D eigenvalue weighted by atomic mass is 9.87. The summed E-state index contributed by atoms with van der Waals surface area (Å²) in [5.41, 5.74) is 4.90. The number of anilines is 1. The lowest BCUT2D eigenvalue weighted by molar-refractivity contribution is -0.0555. The van der Waals surface area contributed by atoms with Crippen molar-refractivity contribution in [2.24, 2.45) is 5.73 Å². The zero-order chi connectivity index (χ0) is 21.3. The van der Waals surface area contributed by atoms with Crippen molar-refractivity contribution >= 4 is 23.5 Å². The first-order valence-corrected chi connectivity index (χ1v) is 8.81. The Morgan fingerprint density at radius 1 is 1.41 bits per heavy atom. The molecule has 1 aliphatic heterocycles. The van der Waals surface area contributed by atoms with Crippen LogP contribution in [0, 0.1) is 11.2 Å². The number of rotatable bonds is 6. The molecule has 1 fully saturated rings. The van der Waals surface area contributed by atoms with Gasteiger partial charge < -0.3 is 27.1 Å². The van der Waals surface area contributed by atoms with Crippen molar-refractivity contribution in [1.82, 2.24) is 15.6 Å². The van der Waals surface area contributed by atoms with Gasteiger partial charge in [-0.2, -0.15) is 8.78 Å². The molecule has 2 atom stereocenters. The maximum Gasteiger partial charge on any atom is 0.312 e. The summed E-state index contributed by atoms with van der Waals surface area (Å²) in [6.07, 6.45) is 1.49. The average molecular weight is 418 g/mol. The number of halogens is 5. The normalized spacial score (nSPS) is 23.6. The molecule has 29 heavy (non-hydrogen) atoms. The van der Waals surface area contributed by atoms with Crippen LogP contribution in [0.3, 0.4) is 0 Å². The minimum Gasteiger partial charge on any atom is -0.363 e. The van der Waals surface area contributed by atoms with E-state index >= 15 is 0 Å². The van der Waals surface area contributed by atoms with Gasteiger partial charge in [0.15, 0.2) is 11.6 Å². The first kappa shape index (κ1) is 21.0. The van der Waals surface area contributed by atoms with Crippen molar-refractivity contribution in [2.75, 3.05) is 5.32 Å². The fourth-order valence-corrected chi connectivity index (χ4v) is 3.45. The SMILES string of the molecule is N=C/C(=C\NC(F)F)c1nc(NC2CCCC(F)(F)[C@@H]2N)c(F)c2c1C(=O)NC2. The van der Waals surface area contributed by atoms with E-state index in [0.717, 1.165) is 6.20 Å². The van der Waals surface area contributed by atoms with Gasteiger partial charge in [0.2, 0.25) is 0 Å². The molecule has 0 aromatic carbocycles. The molecule has 0 saturated heterocycles. The molecular weight excluding hydrogens is 399 g/mol. The van der Waals surface area contributed by atoms with Crippen molar-refractivity contribution in [2.45, 2.75) is 50.4 Å². The Kier molecular flexibility index (Phi) is 5.73. The molecular formula is C17H19F5N6O. The molecule has 0 spiro atoms. The fraction of sp³-hybridized carbons (Fsp3) is 0.471. The van der Waals surface area contributed by atoms with Crippen molar-refractivity contribution in [1.29, 1.82) is 5.41 Å². The predicted molar refractivity (Wildman–Crippen MR) is 95.4 cm³/mol. The van der Waals surface area contributed by atoms with Crippen LogP contribution < -0.4 is 21.7 Å². The molecule has 2 heterocycles. The molecule has 1 aliphatic carbocycles. The molecule has 1 aromatic rings. The second-order valence-electron chi connectivity index (χ2n) is 6.80. The van der Waals surface area contributed by atoms with E-state index in [9.17, 15) is 26.7 Å². The van der Waals surface area contributed by atoms with Crippen LogP contribution in [0.25, 0.3) is 5.57 Å². The molecule has 12 heteroatoms. The summed E-state index contributed by atoms with van der Waals surface area (Å²) in [7, 11) is 0. The van der Waals surface area contributed by atoms with Gasteiger partial charge in [-0.1, -0.05) is 0 Å². The molecule has 7 nitrogen and oxygen atoms in total. The molecule has 2 aliphatic rings. The number of pyridine rings is 1. The van der Waals surface area contributed by atoms with Gasteiger partial charge in [0.25, 0.3) is 11.8 Å². The third-order valence-corrected chi connectivity index (χ3v) is 4.95. The zero-order valence-corrected chi connectivity index (χ0v) is 15.0. The molecule has 1 unspecified atom stereocenters. The number of alkyl halides is 4. The number of nitrogens with one attached hydrogen (secondary N) is 4. The lowest BCUT2D eigenvalue weighted by Gasteiger charge is -2.36. The largest absolute Gasteiger partial charge is 0.363 e. The maximum atomic E-state index is 14.9. The number of hydrogen-bond donors (Lipinski definition) is 5. The highest BCUT2D eigenvalue weighted by Crippen LogP contribution is 2.35. The average Bonchev–Trinajstić information content (AvgIpc) is 3.04. The Bertz CT molecular complexity index is 859. The van der Waals surface area contributed by atoms with Crippen molar-refractivity contribution < 1.29 is 26.7 Å². The molecule has 6 N–H and O–H groups in total. The Hall–Kier alpha value is -2.76. The van der Waals surface area contributed by atoms with Crippen LogP contribution >= 0.6 is 0 Å². The number of aromatic nitrogens is 1. The van der Waals surface area contributed by atoms with Gasteiger partial charge in [0.1, 0.15) is 0 Å². The maximum absolute atomic E-state index is 14.9. The first-order chi connectivity index (χ1) is 13.7. The Labute approximate surface area is 162 Å². The molecule has 1 saturated carbocycles. The van der Waals surface area contributed by atoms with E-state index in [-0.39, 0.29) is 48.2 Å². The fourth-order valence-electron chi connectivity index (χ4n) is 3.45. The summed E-state index contributed by atoms with van der Waals surface area (Å²) in [4.78, 5) is 16.1. The second-order valence-corrected chi connectivity index (χ2v) is 6.80. The summed E-state index contributed by atoms with van der Waals surface area (Å²) in [6, 6.07) is -2.56. The van der Waals surface area contributed by atoms with Gasteiger partial charge in [0.05, 0.1) is 17.3 Å². The minimum absolute atomic E-state index is 0.0940. The van der Waals surface area contributed by atoms with Crippen LogP contribution in [-0.4, -0.2) is 41.7 Å². The highest BCUT2D eigenvalue weighted by atomic mass is 19.3. The molecule has 0 radical (unpaired) electrons. The van der Waals surface area contributed by atoms with Gasteiger partial charge in [-0.15, -0.1) is 0 Å². The van der Waals surface area contributed by atoms with E-state index in [1.165, 1.54) is 0 Å². The summed E-state index contributed by atoms with van der Waals surface area (Å²) in [6.45, 7) is -3.13. The topological polar surface area (TPSA) is 116 Å². The zero-order valence-electron chi connectivity index (χ0n) is 15.0. The van der Waals surface area contributed by atoms with Crippen molar-refractivity contribution in [3.8, 4) is 0 Å². The standard InChI is InChI=1S/C17H19F5N6O/c18-11-8-6-25-15(29)10(8)12(7(4-23)5-26-16(19)20)28-14(11)27-9-2-1-3-17(21,22)13(9)24/h4-5,9,13,16,23,26H,1-3,6,24H2,(H,25,29)(H,27,28)/b7-5+,23-4?/t9?,13-/m1/s1. The Morgan fingerprint density at radius 3 is 2.79 bits per heavy atom. The van der Waals surface area contributed by atoms with E-state index < -0.39 is 42.1 Å². The molecule has 1 aromatic heterocycles. The smallest absolute Gasteiger partial charge is 0.312 e. The van der Waals surface area contributed by atoms with Gasteiger partial charge in [-0.05, 0) is 12.8 Å². The number of carbonyl (C=O) groups excluding carboxylic acids is 1. The van der Waals surface area contributed by atoms with Crippen LogP contribution in [0.1, 0.15) is 40.9 Å². The van der Waals surface area contributed by atoms with E-state index in [4.69, 9.17) is 11.1 Å². The van der Waals surface area contributed by atoms with Crippen LogP contribution in [0.5, 0.6) is 0 Å². The Balaban J connectivity index is 2.04. The quantitative estimate of drug-likeness (QED) is 0.276. The van der Waals surface area contributed by atoms with Gasteiger partial charge in [-0.25, -0.2) is 18.2 Å². The summed E-state index contributed by atoms with van der Waals surface area (Å²) in [5.74, 6) is -5.17. The number of hydrogen-bond acceptors (Lipinski definition) is 6. The summed E-state index contributed by atoms with van der Waals surface area (Å²) < 4.78 is 67.7. The van der Waals surface area contributed by atoms with E-state index in [2.05, 4.69) is 15.6 Å². The molecule has 1 amide bonds. The van der Waals surface area contributed by atoms with Crippen LogP contribution in [0.4, 0.5) is 27.8 Å². The number of nitrogens with two attached hydrogens (primary N) is 1. The van der Waals surface area contributed by atoms with E-state index in [0.29, 0.717) is 6.21 Å². The Morgan fingerprint density at radius 2 is 2.14 bits per heavy atom. The van der Waals surface area contributed by atoms with Gasteiger partial charge >= 0.3 is 6.55 Å². The lowest BCUT2D eigenvalue weighted by Crippen LogP contribution is -2.55. The first-order valence-electron chi connectivity index (χ1n) is 8.81. The second kappa shape index (κ2) is 7.93. The monoisotopic (exact) mass is 418 g/mol. The van der Waals surface area contributed by atoms with E-state index in [1.54, 1.807) is 5.32 Å². The number of carbonyl (C=O) groups is 1. The van der Waals surface area contributed by atoms with Crippen LogP contribution in [-0.2, 0) is 6.54 Å². The highest BCUT2D eigenvalue weighted by molar-refractivity contribution is 6.13. The van der Waals surface area contributed by atoms with Crippen LogP contribution in [0.2, 0.25) is 0 Å². The molecule has 3 rings (SSSR count). The number of fused-ring (bicyclic) bond motifs is 1. The summed E-state index contributed by atoms with van der Waals surface area (Å²) >= 11 is 0. The number of amides is 1. The summed E-state index contributed by atoms with van der Waals surface area (Å²) in [5, 5.41) is 14.1.